The van der Waals surface area contributed by atoms with Gasteiger partial charge in [0.05, 0.1) is 12.3 Å². The quantitative estimate of drug-likeness (QED) is 0.759. The van der Waals surface area contributed by atoms with Crippen LogP contribution in [0.1, 0.15) is 31.1 Å². The normalized spacial score (nSPS) is 32.5. The first-order valence-corrected chi connectivity index (χ1v) is 5.94. The molecule has 82 valence electrons. The largest absolute Gasteiger partial charge is 0.468 e. The molecule has 15 heavy (non-hydrogen) atoms. The summed E-state index contributed by atoms with van der Waals surface area (Å²) in [5.41, 5.74) is 0. The Balaban J connectivity index is 1.70. The molecule has 0 amide bonds. The smallest absolute Gasteiger partial charge is 0.121 e. The minimum atomic E-state index is 0.398. The van der Waals surface area contributed by atoms with Crippen LogP contribution in [0.5, 0.6) is 0 Å². The second-order valence-corrected chi connectivity index (χ2v) is 4.62. The Morgan fingerprint density at radius 3 is 3.27 bits per heavy atom. The molecule has 3 nitrogen and oxygen atoms in total. The van der Waals surface area contributed by atoms with Gasteiger partial charge in [-0.3, -0.25) is 4.90 Å². The average molecular weight is 206 g/mol. The highest BCUT2D eigenvalue weighted by Gasteiger charge is 2.31. The third kappa shape index (κ3) is 1.82. The maximum atomic E-state index is 5.46. The molecular weight excluding hydrogens is 188 g/mol. The predicted octanol–water partition coefficient (Wildman–Crippen LogP) is 1.78. The van der Waals surface area contributed by atoms with E-state index in [1.807, 2.05) is 6.07 Å². The van der Waals surface area contributed by atoms with E-state index >= 15 is 0 Å². The fourth-order valence-electron chi connectivity index (χ4n) is 2.79. The van der Waals surface area contributed by atoms with Crippen LogP contribution in [-0.2, 0) is 0 Å². The van der Waals surface area contributed by atoms with Crippen LogP contribution in [0.3, 0.4) is 0 Å². The molecule has 0 saturated carbocycles. The van der Waals surface area contributed by atoms with E-state index < -0.39 is 0 Å². The third-order valence-corrected chi connectivity index (χ3v) is 3.65. The number of fused-ring (bicyclic) bond motifs is 1. The van der Waals surface area contributed by atoms with E-state index in [4.69, 9.17) is 4.42 Å². The van der Waals surface area contributed by atoms with Gasteiger partial charge in [-0.25, -0.2) is 0 Å². The van der Waals surface area contributed by atoms with Crippen LogP contribution in [0.2, 0.25) is 0 Å². The number of nitrogens with zero attached hydrogens (tertiary/aromatic N) is 1. The first-order chi connectivity index (χ1) is 7.43. The lowest BCUT2D eigenvalue weighted by Crippen LogP contribution is -2.54. The van der Waals surface area contributed by atoms with Crippen molar-refractivity contribution < 1.29 is 4.42 Å². The summed E-state index contributed by atoms with van der Waals surface area (Å²) >= 11 is 0. The molecule has 1 aromatic heterocycles. The fourth-order valence-corrected chi connectivity index (χ4v) is 2.79. The Labute approximate surface area is 90.4 Å². The number of hydrogen-bond acceptors (Lipinski definition) is 3. The van der Waals surface area contributed by atoms with Gasteiger partial charge < -0.3 is 9.73 Å². The van der Waals surface area contributed by atoms with Crippen LogP contribution < -0.4 is 5.32 Å². The van der Waals surface area contributed by atoms with Crippen LogP contribution in [0.25, 0.3) is 0 Å². The molecule has 2 unspecified atom stereocenters. The zero-order valence-corrected chi connectivity index (χ0v) is 8.98. The zero-order valence-electron chi connectivity index (χ0n) is 8.98. The molecule has 0 spiro atoms. The summed E-state index contributed by atoms with van der Waals surface area (Å²) < 4.78 is 5.46. The van der Waals surface area contributed by atoms with Gasteiger partial charge >= 0.3 is 0 Å². The molecular formula is C12H18N2O. The highest BCUT2D eigenvalue weighted by Crippen LogP contribution is 2.25. The number of nitrogens with one attached hydrogen (secondary N) is 1. The molecule has 2 fully saturated rings. The van der Waals surface area contributed by atoms with E-state index in [0.29, 0.717) is 6.04 Å². The van der Waals surface area contributed by atoms with Crippen LogP contribution in [0, 0.1) is 0 Å². The summed E-state index contributed by atoms with van der Waals surface area (Å²) in [6.07, 6.45) is 5.88. The van der Waals surface area contributed by atoms with Gasteiger partial charge in [0, 0.05) is 19.1 Å². The molecule has 0 bridgehead atoms. The van der Waals surface area contributed by atoms with Crippen LogP contribution in [0.15, 0.2) is 22.8 Å². The van der Waals surface area contributed by atoms with Gasteiger partial charge in [-0.15, -0.1) is 0 Å². The number of piperazine rings is 1. The summed E-state index contributed by atoms with van der Waals surface area (Å²) in [6.45, 7) is 3.49. The SMILES string of the molecule is c1coc(C2CN3CCCCC3CN2)c1. The van der Waals surface area contributed by atoms with Crippen LogP contribution in [-0.4, -0.2) is 30.6 Å². The lowest BCUT2D eigenvalue weighted by Gasteiger charge is -2.42. The molecule has 0 aliphatic carbocycles. The number of rotatable bonds is 1. The highest BCUT2D eigenvalue weighted by molar-refractivity contribution is 5.07. The second-order valence-electron chi connectivity index (χ2n) is 4.62. The first-order valence-electron chi connectivity index (χ1n) is 5.94. The summed E-state index contributed by atoms with van der Waals surface area (Å²) in [5, 5.41) is 3.59. The van der Waals surface area contributed by atoms with E-state index in [-0.39, 0.29) is 0 Å². The van der Waals surface area contributed by atoms with Crippen LogP contribution in [0.4, 0.5) is 0 Å². The number of furan rings is 1. The van der Waals surface area contributed by atoms with Gasteiger partial charge in [0.1, 0.15) is 5.76 Å². The summed E-state index contributed by atoms with van der Waals surface area (Å²) in [7, 11) is 0. The Hall–Kier alpha value is -0.800. The maximum absolute atomic E-state index is 5.46. The van der Waals surface area contributed by atoms with Gasteiger partial charge in [0.15, 0.2) is 0 Å². The van der Waals surface area contributed by atoms with E-state index in [2.05, 4.69) is 16.3 Å². The summed E-state index contributed by atoms with van der Waals surface area (Å²) in [6, 6.07) is 5.21. The van der Waals surface area contributed by atoms with Crippen molar-refractivity contribution in [2.75, 3.05) is 19.6 Å². The van der Waals surface area contributed by atoms with Crippen molar-refractivity contribution in [2.45, 2.75) is 31.3 Å². The molecule has 3 heterocycles. The van der Waals surface area contributed by atoms with E-state index in [1.165, 1.54) is 25.8 Å². The molecule has 0 aromatic carbocycles. The van der Waals surface area contributed by atoms with Gasteiger partial charge in [0.2, 0.25) is 0 Å². The Bertz CT molecular complexity index is 309. The Morgan fingerprint density at radius 2 is 2.40 bits per heavy atom. The first kappa shape index (κ1) is 9.43. The minimum absolute atomic E-state index is 0.398. The molecule has 2 saturated heterocycles. The standard InChI is InChI=1S/C12H18N2O/c1-2-6-14-9-11(12-5-3-7-15-12)13-8-10(14)4-1/h3,5,7,10-11,13H,1-2,4,6,8-9H2. The number of hydrogen-bond donors (Lipinski definition) is 1. The summed E-state index contributed by atoms with van der Waals surface area (Å²) in [5.74, 6) is 1.08. The Morgan fingerprint density at radius 1 is 1.40 bits per heavy atom. The molecule has 3 rings (SSSR count). The molecule has 0 radical (unpaired) electrons. The third-order valence-electron chi connectivity index (χ3n) is 3.65. The highest BCUT2D eigenvalue weighted by atomic mass is 16.3. The molecule has 2 atom stereocenters. The second kappa shape index (κ2) is 3.99. The molecule has 1 N–H and O–H groups in total. The number of piperidine rings is 1. The van der Waals surface area contributed by atoms with Crippen molar-refractivity contribution in [3.63, 3.8) is 0 Å². The summed E-state index contributed by atoms with van der Waals surface area (Å²) in [4.78, 5) is 2.62. The van der Waals surface area contributed by atoms with Gasteiger partial charge in [-0.1, -0.05) is 6.42 Å². The fraction of sp³-hybridized carbons (Fsp3) is 0.667. The van der Waals surface area contributed by atoms with Crippen LogP contribution >= 0.6 is 0 Å². The zero-order chi connectivity index (χ0) is 10.1. The van der Waals surface area contributed by atoms with E-state index in [0.717, 1.165) is 24.9 Å². The maximum Gasteiger partial charge on any atom is 0.121 e. The Kier molecular flexibility index (Phi) is 2.51. The molecule has 1 aromatic rings. The van der Waals surface area contributed by atoms with Crippen molar-refractivity contribution in [1.82, 2.24) is 10.2 Å². The van der Waals surface area contributed by atoms with Crippen molar-refractivity contribution in [1.29, 1.82) is 0 Å². The van der Waals surface area contributed by atoms with E-state index in [1.54, 1.807) is 6.26 Å². The van der Waals surface area contributed by atoms with Crippen molar-refractivity contribution in [2.24, 2.45) is 0 Å². The molecule has 2 aliphatic heterocycles. The molecule has 2 aliphatic rings. The topological polar surface area (TPSA) is 28.4 Å². The lowest BCUT2D eigenvalue weighted by atomic mass is 9.97. The van der Waals surface area contributed by atoms with Crippen molar-refractivity contribution >= 4 is 0 Å². The minimum Gasteiger partial charge on any atom is -0.468 e. The van der Waals surface area contributed by atoms with Gasteiger partial charge in [0.25, 0.3) is 0 Å². The lowest BCUT2D eigenvalue weighted by molar-refractivity contribution is 0.0891. The van der Waals surface area contributed by atoms with E-state index in [9.17, 15) is 0 Å². The van der Waals surface area contributed by atoms with Gasteiger partial charge in [-0.05, 0) is 31.5 Å². The van der Waals surface area contributed by atoms with Crippen molar-refractivity contribution in [3.8, 4) is 0 Å². The predicted molar refractivity (Wildman–Crippen MR) is 58.7 cm³/mol. The average Bonchev–Trinajstić information content (AvgIpc) is 2.82. The van der Waals surface area contributed by atoms with Gasteiger partial charge in [-0.2, -0.15) is 0 Å². The monoisotopic (exact) mass is 206 g/mol. The van der Waals surface area contributed by atoms with Crippen molar-refractivity contribution in [3.05, 3.63) is 24.2 Å². The molecule has 3 heteroatoms.